The van der Waals surface area contributed by atoms with Gasteiger partial charge in [0, 0.05) is 10.4 Å². The van der Waals surface area contributed by atoms with Gasteiger partial charge in [-0.3, -0.25) is 0 Å². The molecule has 0 aliphatic rings. The van der Waals surface area contributed by atoms with Gasteiger partial charge in [-0.1, -0.05) is 66.5 Å². The molecule has 0 atom stereocenters. The lowest BCUT2D eigenvalue weighted by Gasteiger charge is -2.19. The fourth-order valence-electron chi connectivity index (χ4n) is 1.86. The number of halogens is 2. The minimum absolute atomic E-state index is 0.108. The third-order valence-corrected chi connectivity index (χ3v) is 4.06. The molecule has 1 nitrogen and oxygen atoms in total. The summed E-state index contributed by atoms with van der Waals surface area (Å²) in [5, 5.41) is 1.46. The van der Waals surface area contributed by atoms with Gasteiger partial charge < -0.3 is 4.74 Å². The lowest BCUT2D eigenvalue weighted by atomic mass is 9.87. The molecule has 0 aromatic heterocycles. The molecular formula is C17H18BrClO. The molecule has 0 saturated heterocycles. The average Bonchev–Trinajstić information content (AvgIpc) is 2.38. The van der Waals surface area contributed by atoms with Gasteiger partial charge in [0.15, 0.2) is 0 Å². The van der Waals surface area contributed by atoms with Crippen LogP contribution in [0.1, 0.15) is 31.9 Å². The number of alkyl halides is 1. The Morgan fingerprint density at radius 1 is 1.05 bits per heavy atom. The lowest BCUT2D eigenvalue weighted by molar-refractivity contribution is 0.478. The number of hydrogen-bond donors (Lipinski definition) is 0. The van der Waals surface area contributed by atoms with Crippen LogP contribution in [-0.2, 0) is 10.7 Å². The Balaban J connectivity index is 2.24. The van der Waals surface area contributed by atoms with Crippen molar-refractivity contribution in [2.24, 2.45) is 0 Å². The van der Waals surface area contributed by atoms with Crippen molar-refractivity contribution in [2.45, 2.75) is 31.5 Å². The van der Waals surface area contributed by atoms with Crippen molar-refractivity contribution in [1.29, 1.82) is 0 Å². The van der Waals surface area contributed by atoms with E-state index in [4.69, 9.17) is 16.3 Å². The summed E-state index contributed by atoms with van der Waals surface area (Å²) in [6, 6.07) is 13.9. The Bertz CT molecular complexity index is 602. The van der Waals surface area contributed by atoms with Gasteiger partial charge in [-0.05, 0) is 40.8 Å². The first kappa shape index (κ1) is 15.4. The second-order valence-electron chi connectivity index (χ2n) is 5.77. The monoisotopic (exact) mass is 352 g/mol. The Hall–Kier alpha value is -0.990. The zero-order valence-corrected chi connectivity index (χ0v) is 14.3. The van der Waals surface area contributed by atoms with Crippen LogP contribution in [0.2, 0.25) is 5.02 Å². The largest absolute Gasteiger partial charge is 0.457 e. The summed E-state index contributed by atoms with van der Waals surface area (Å²) in [7, 11) is 0. The van der Waals surface area contributed by atoms with Gasteiger partial charge in [0.05, 0.1) is 0 Å². The quantitative estimate of drug-likeness (QED) is 0.586. The number of rotatable bonds is 3. The standard InChI is InChI=1S/C17H18BrClO/c1-17(2,3)13-5-4-6-14(9-13)20-15-8-7-12(11-18)16(19)10-15/h4-10H,11H2,1-3H3. The molecule has 0 aliphatic carbocycles. The number of benzene rings is 2. The fraction of sp³-hybridized carbons (Fsp3) is 0.294. The molecule has 20 heavy (non-hydrogen) atoms. The molecule has 0 N–H and O–H groups in total. The van der Waals surface area contributed by atoms with E-state index in [2.05, 4.69) is 48.8 Å². The van der Waals surface area contributed by atoms with E-state index in [1.165, 1.54) is 5.56 Å². The highest BCUT2D eigenvalue weighted by molar-refractivity contribution is 9.08. The molecule has 0 amide bonds. The van der Waals surface area contributed by atoms with Crippen LogP contribution in [0.4, 0.5) is 0 Å². The van der Waals surface area contributed by atoms with E-state index in [1.54, 1.807) is 0 Å². The van der Waals surface area contributed by atoms with E-state index in [0.29, 0.717) is 5.02 Å². The summed E-state index contributed by atoms with van der Waals surface area (Å²) in [5.74, 6) is 1.59. The molecular weight excluding hydrogens is 336 g/mol. The summed E-state index contributed by atoms with van der Waals surface area (Å²) < 4.78 is 5.89. The Kier molecular flexibility index (Phi) is 4.77. The van der Waals surface area contributed by atoms with Crippen molar-refractivity contribution >= 4 is 27.5 Å². The van der Waals surface area contributed by atoms with E-state index in [-0.39, 0.29) is 5.41 Å². The van der Waals surface area contributed by atoms with Crippen LogP contribution in [0.25, 0.3) is 0 Å². The predicted molar refractivity (Wildman–Crippen MR) is 89.3 cm³/mol. The Morgan fingerprint density at radius 2 is 1.75 bits per heavy atom. The fourth-order valence-corrected chi connectivity index (χ4v) is 2.75. The molecule has 0 heterocycles. The maximum Gasteiger partial charge on any atom is 0.128 e. The van der Waals surface area contributed by atoms with Crippen LogP contribution < -0.4 is 4.74 Å². The van der Waals surface area contributed by atoms with Gasteiger partial charge in [-0.2, -0.15) is 0 Å². The lowest BCUT2D eigenvalue weighted by Crippen LogP contribution is -2.10. The van der Waals surface area contributed by atoms with Crippen molar-refractivity contribution < 1.29 is 4.74 Å². The van der Waals surface area contributed by atoms with Crippen molar-refractivity contribution in [3.8, 4) is 11.5 Å². The first-order valence-corrected chi connectivity index (χ1v) is 8.03. The van der Waals surface area contributed by atoms with Crippen molar-refractivity contribution in [2.75, 3.05) is 0 Å². The molecule has 2 aromatic rings. The summed E-state index contributed by atoms with van der Waals surface area (Å²) in [5.41, 5.74) is 2.41. The van der Waals surface area contributed by atoms with Crippen LogP contribution in [0.3, 0.4) is 0 Å². The zero-order valence-electron chi connectivity index (χ0n) is 11.9. The first-order chi connectivity index (χ1) is 9.40. The van der Waals surface area contributed by atoms with Gasteiger partial charge >= 0.3 is 0 Å². The molecule has 0 unspecified atom stereocenters. The zero-order chi connectivity index (χ0) is 14.8. The van der Waals surface area contributed by atoms with Crippen LogP contribution in [0, 0.1) is 0 Å². The highest BCUT2D eigenvalue weighted by atomic mass is 79.9. The second kappa shape index (κ2) is 6.19. The van der Waals surface area contributed by atoms with E-state index in [0.717, 1.165) is 22.4 Å². The molecule has 106 valence electrons. The summed E-state index contributed by atoms with van der Waals surface area (Å²) >= 11 is 9.60. The second-order valence-corrected chi connectivity index (χ2v) is 6.73. The van der Waals surface area contributed by atoms with E-state index in [1.807, 2.05) is 30.3 Å². The molecule has 2 aromatic carbocycles. The minimum Gasteiger partial charge on any atom is -0.457 e. The van der Waals surface area contributed by atoms with Crippen LogP contribution in [0.5, 0.6) is 11.5 Å². The summed E-state index contributed by atoms with van der Waals surface area (Å²) in [6.07, 6.45) is 0. The molecule has 2 rings (SSSR count). The first-order valence-electron chi connectivity index (χ1n) is 6.53. The van der Waals surface area contributed by atoms with E-state index >= 15 is 0 Å². The molecule has 0 aliphatic heterocycles. The topological polar surface area (TPSA) is 9.23 Å². The molecule has 0 spiro atoms. The van der Waals surface area contributed by atoms with Crippen molar-refractivity contribution in [3.63, 3.8) is 0 Å². The maximum atomic E-state index is 6.19. The smallest absolute Gasteiger partial charge is 0.128 e. The predicted octanol–water partition coefficient (Wildman–Crippen LogP) is 6.32. The summed E-state index contributed by atoms with van der Waals surface area (Å²) in [6.45, 7) is 6.56. The SMILES string of the molecule is CC(C)(C)c1cccc(Oc2ccc(CBr)c(Cl)c2)c1. The highest BCUT2D eigenvalue weighted by Gasteiger charge is 2.14. The molecule has 0 bridgehead atoms. The maximum absolute atomic E-state index is 6.19. The van der Waals surface area contributed by atoms with E-state index in [9.17, 15) is 0 Å². The van der Waals surface area contributed by atoms with Gasteiger partial charge in [0.25, 0.3) is 0 Å². The number of ether oxygens (including phenoxy) is 1. The van der Waals surface area contributed by atoms with Gasteiger partial charge in [0.2, 0.25) is 0 Å². The molecule has 0 saturated carbocycles. The third kappa shape index (κ3) is 3.77. The summed E-state index contributed by atoms with van der Waals surface area (Å²) in [4.78, 5) is 0. The van der Waals surface area contributed by atoms with E-state index < -0.39 is 0 Å². The van der Waals surface area contributed by atoms with Gasteiger partial charge in [0.1, 0.15) is 11.5 Å². The van der Waals surface area contributed by atoms with Crippen molar-refractivity contribution in [1.82, 2.24) is 0 Å². The van der Waals surface area contributed by atoms with Gasteiger partial charge in [-0.25, -0.2) is 0 Å². The molecule has 0 radical (unpaired) electrons. The number of hydrogen-bond acceptors (Lipinski definition) is 1. The van der Waals surface area contributed by atoms with Gasteiger partial charge in [-0.15, -0.1) is 0 Å². The molecule has 0 fully saturated rings. The molecule has 3 heteroatoms. The van der Waals surface area contributed by atoms with Crippen LogP contribution in [-0.4, -0.2) is 0 Å². The average molecular weight is 354 g/mol. The van der Waals surface area contributed by atoms with Crippen LogP contribution >= 0.6 is 27.5 Å². The Labute approximate surface area is 134 Å². The van der Waals surface area contributed by atoms with Crippen molar-refractivity contribution in [3.05, 3.63) is 58.6 Å². The minimum atomic E-state index is 0.108. The highest BCUT2D eigenvalue weighted by Crippen LogP contribution is 2.30. The van der Waals surface area contributed by atoms with Crippen LogP contribution in [0.15, 0.2) is 42.5 Å². The Morgan fingerprint density at radius 3 is 2.35 bits per heavy atom. The normalized spacial score (nSPS) is 11.4. The third-order valence-electron chi connectivity index (χ3n) is 3.10.